The second kappa shape index (κ2) is 15.6. The lowest BCUT2D eigenvalue weighted by atomic mass is 9.72. The minimum atomic E-state index is -1.30. The summed E-state index contributed by atoms with van der Waals surface area (Å²) in [6, 6.07) is 22.1. The molecule has 3 N–H and O–H groups in total. The molecule has 4 rings (SSSR count). The summed E-state index contributed by atoms with van der Waals surface area (Å²) in [6.45, 7) is 8.47. The van der Waals surface area contributed by atoms with Crippen molar-refractivity contribution in [3.05, 3.63) is 94.0 Å². The maximum Gasteiger partial charge on any atom is 0.406 e. The van der Waals surface area contributed by atoms with Crippen molar-refractivity contribution in [2.75, 3.05) is 26.7 Å². The van der Waals surface area contributed by atoms with Crippen molar-refractivity contribution >= 4 is 23.6 Å². The fourth-order valence-corrected chi connectivity index (χ4v) is 6.41. The zero-order chi connectivity index (χ0) is 31.7. The lowest BCUT2D eigenvalue weighted by Gasteiger charge is -2.44. The number of nitrogens with zero attached hydrogens (tertiary/aromatic N) is 1. The summed E-state index contributed by atoms with van der Waals surface area (Å²) in [5.41, 5.74) is 4.16. The van der Waals surface area contributed by atoms with Gasteiger partial charge in [0.15, 0.2) is 0 Å². The van der Waals surface area contributed by atoms with Crippen molar-refractivity contribution in [2.24, 2.45) is 5.92 Å². The maximum absolute atomic E-state index is 13.7. The third-order valence-electron chi connectivity index (χ3n) is 8.59. The molecule has 236 valence electrons. The number of nitrogens with one attached hydrogen (secondary N) is 2. The molecule has 1 aliphatic rings. The fourth-order valence-electron chi connectivity index (χ4n) is 6.13. The van der Waals surface area contributed by atoms with E-state index >= 15 is 0 Å². The van der Waals surface area contributed by atoms with Gasteiger partial charge < -0.3 is 25.4 Å². The Morgan fingerprint density at radius 2 is 1.84 bits per heavy atom. The zero-order valence-corrected chi connectivity index (χ0v) is 27.1. The number of rotatable bonds is 12. The highest BCUT2D eigenvalue weighted by Crippen LogP contribution is 2.45. The third-order valence-corrected chi connectivity index (χ3v) is 8.91. The predicted molar refractivity (Wildman–Crippen MR) is 177 cm³/mol. The zero-order valence-electron chi connectivity index (χ0n) is 26.4. The molecule has 2 amide bonds. The van der Waals surface area contributed by atoms with Crippen molar-refractivity contribution < 1.29 is 19.4 Å². The van der Waals surface area contributed by atoms with Gasteiger partial charge in [-0.3, -0.25) is 4.79 Å². The summed E-state index contributed by atoms with van der Waals surface area (Å²) in [6.07, 6.45) is 2.80. The van der Waals surface area contributed by atoms with Crippen LogP contribution in [0.15, 0.2) is 66.7 Å². The highest BCUT2D eigenvalue weighted by Gasteiger charge is 2.43. The molecule has 0 aromatic heterocycles. The maximum atomic E-state index is 13.7. The Morgan fingerprint density at radius 3 is 2.55 bits per heavy atom. The van der Waals surface area contributed by atoms with Crippen molar-refractivity contribution in [2.45, 2.75) is 71.1 Å². The smallest absolute Gasteiger partial charge is 0.406 e. The van der Waals surface area contributed by atoms with Crippen LogP contribution in [0.2, 0.25) is 5.02 Å². The highest BCUT2D eigenvalue weighted by atomic mass is 35.5. The Labute approximate surface area is 267 Å². The molecule has 2 unspecified atom stereocenters. The van der Waals surface area contributed by atoms with Crippen molar-refractivity contribution in [3.8, 4) is 11.1 Å². The van der Waals surface area contributed by atoms with E-state index in [2.05, 4.69) is 43.5 Å². The van der Waals surface area contributed by atoms with Gasteiger partial charge in [0.2, 0.25) is 0 Å². The summed E-state index contributed by atoms with van der Waals surface area (Å²) in [5, 5.41) is 19.5. The van der Waals surface area contributed by atoms with Crippen LogP contribution in [0.25, 0.3) is 11.1 Å². The molecular weight excluding hydrogens is 574 g/mol. The lowest BCUT2D eigenvalue weighted by molar-refractivity contribution is -0.0563. The monoisotopic (exact) mass is 619 g/mol. The van der Waals surface area contributed by atoms with Gasteiger partial charge in [0.25, 0.3) is 5.91 Å². The molecule has 1 fully saturated rings. The number of aliphatic hydroxyl groups is 1. The molecule has 8 heteroatoms. The number of halogens is 1. The van der Waals surface area contributed by atoms with Gasteiger partial charge in [0.05, 0.1) is 12.7 Å². The average molecular weight is 620 g/mol. The molecule has 0 radical (unpaired) electrons. The number of alkyl carbamates (subject to hydrolysis) is 1. The summed E-state index contributed by atoms with van der Waals surface area (Å²) >= 11 is 6.88. The molecule has 0 saturated carbocycles. The number of carbonyl (C=O) groups is 2. The first kappa shape index (κ1) is 33.5. The van der Waals surface area contributed by atoms with Gasteiger partial charge in [-0.1, -0.05) is 80.9 Å². The van der Waals surface area contributed by atoms with Gasteiger partial charge in [-0.15, -0.1) is 0 Å². The van der Waals surface area contributed by atoms with Crippen molar-refractivity contribution in [1.29, 1.82) is 0 Å². The molecule has 3 aromatic carbocycles. The number of ether oxygens (including phenoxy) is 1. The normalized spacial score (nSPS) is 16.4. The molecule has 1 saturated heterocycles. The van der Waals surface area contributed by atoms with Crippen molar-refractivity contribution in [3.63, 3.8) is 0 Å². The van der Waals surface area contributed by atoms with Gasteiger partial charge in [-0.25, -0.2) is 4.79 Å². The first-order valence-corrected chi connectivity index (χ1v) is 16.1. The number of hydrogen-bond acceptors (Lipinski definition) is 5. The Kier molecular flexibility index (Phi) is 11.8. The molecule has 3 aromatic rings. The number of hydrogen-bond donors (Lipinski definition) is 3. The van der Waals surface area contributed by atoms with Crippen LogP contribution in [0.3, 0.4) is 0 Å². The summed E-state index contributed by atoms with van der Waals surface area (Å²) < 4.78 is 4.73. The molecule has 1 heterocycles. The number of methoxy groups -OCH3 is 1. The Hall–Kier alpha value is -3.39. The van der Waals surface area contributed by atoms with E-state index in [-0.39, 0.29) is 11.8 Å². The lowest BCUT2D eigenvalue weighted by Crippen LogP contribution is -2.48. The minimum absolute atomic E-state index is 0.0326. The van der Waals surface area contributed by atoms with Crippen LogP contribution in [0.4, 0.5) is 4.79 Å². The Balaban J connectivity index is 1.65. The first-order valence-electron chi connectivity index (χ1n) is 15.7. The molecule has 1 aliphatic heterocycles. The standard InChI is InChI=1S/C36H46ClN3O4/c1-5-26-10-6-11-29(22-26)33-31(13-7-14-32(33)37)36(43,19-9-20-38-35(42)44-4)30-12-8-21-40(24-30)34(41)28-17-15-27(16-18-28)23-39-25(2)3/h6-7,10-11,13-18,22,25,30,39,43H,5,8-9,12,19-21,23-24H2,1-4H3,(H,38,42). The third kappa shape index (κ3) is 8.20. The predicted octanol–water partition coefficient (Wildman–Crippen LogP) is 6.94. The quantitative estimate of drug-likeness (QED) is 0.191. The van der Waals surface area contributed by atoms with Crippen LogP contribution in [-0.4, -0.2) is 54.8 Å². The summed E-state index contributed by atoms with van der Waals surface area (Å²) in [5.74, 6) is -0.269. The van der Waals surface area contributed by atoms with E-state index in [9.17, 15) is 14.7 Å². The van der Waals surface area contributed by atoms with E-state index < -0.39 is 11.7 Å². The second-order valence-electron chi connectivity index (χ2n) is 12.0. The fraction of sp³-hybridized carbons (Fsp3) is 0.444. The number of amides is 2. The Bertz CT molecular complexity index is 1410. The van der Waals surface area contributed by atoms with Crippen LogP contribution in [-0.2, 0) is 23.3 Å². The van der Waals surface area contributed by atoms with Gasteiger partial charge in [0.1, 0.15) is 0 Å². The largest absolute Gasteiger partial charge is 0.453 e. The van der Waals surface area contributed by atoms with Crippen LogP contribution in [0, 0.1) is 5.92 Å². The number of carbonyl (C=O) groups excluding carboxylic acids is 2. The number of likely N-dealkylation sites (tertiary alicyclic amines) is 1. The number of aryl methyl sites for hydroxylation is 1. The molecule has 44 heavy (non-hydrogen) atoms. The van der Waals surface area contributed by atoms with E-state index in [0.29, 0.717) is 49.1 Å². The molecule has 0 spiro atoms. The molecule has 0 bridgehead atoms. The highest BCUT2D eigenvalue weighted by molar-refractivity contribution is 6.33. The van der Waals surface area contributed by atoms with Crippen LogP contribution < -0.4 is 10.6 Å². The van der Waals surface area contributed by atoms with Crippen molar-refractivity contribution in [1.82, 2.24) is 15.5 Å². The topological polar surface area (TPSA) is 90.9 Å². The molecule has 0 aliphatic carbocycles. The molecule has 7 nitrogen and oxygen atoms in total. The van der Waals surface area contributed by atoms with Gasteiger partial charge in [0, 0.05) is 54.3 Å². The van der Waals surface area contributed by atoms with E-state index in [1.807, 2.05) is 59.5 Å². The van der Waals surface area contributed by atoms with Crippen LogP contribution in [0.1, 0.15) is 73.5 Å². The molecular formula is C36H46ClN3O4. The minimum Gasteiger partial charge on any atom is -0.453 e. The van der Waals surface area contributed by atoms with E-state index in [4.69, 9.17) is 16.3 Å². The summed E-state index contributed by atoms with van der Waals surface area (Å²) in [7, 11) is 1.33. The van der Waals surface area contributed by atoms with E-state index in [1.54, 1.807) is 0 Å². The summed E-state index contributed by atoms with van der Waals surface area (Å²) in [4.78, 5) is 27.3. The van der Waals surface area contributed by atoms with Crippen LogP contribution in [0.5, 0.6) is 0 Å². The SMILES string of the molecule is CCc1cccc(-c2c(Cl)cccc2C(O)(CCCNC(=O)OC)C2CCCN(C(=O)c3ccc(CNC(C)C)cc3)C2)c1. The molecule has 2 atom stereocenters. The van der Waals surface area contributed by atoms with Gasteiger partial charge in [-0.2, -0.15) is 0 Å². The van der Waals surface area contributed by atoms with Gasteiger partial charge >= 0.3 is 6.09 Å². The Morgan fingerprint density at radius 1 is 1.09 bits per heavy atom. The van der Waals surface area contributed by atoms with Gasteiger partial charge in [-0.05, 0) is 72.6 Å². The number of piperidine rings is 1. The first-order chi connectivity index (χ1) is 21.2. The van der Waals surface area contributed by atoms with E-state index in [1.165, 1.54) is 12.7 Å². The van der Waals surface area contributed by atoms with E-state index in [0.717, 1.165) is 48.1 Å². The second-order valence-corrected chi connectivity index (χ2v) is 12.4. The number of benzene rings is 3. The average Bonchev–Trinajstić information content (AvgIpc) is 3.05. The van der Waals surface area contributed by atoms with Crippen LogP contribution >= 0.6 is 11.6 Å².